The van der Waals surface area contributed by atoms with Gasteiger partial charge < -0.3 is 19.3 Å². The Balaban J connectivity index is 1.71. The largest absolute Gasteiger partial charge is 0.502 e. The van der Waals surface area contributed by atoms with Crippen LogP contribution in [0, 0.1) is 17.8 Å². The number of carbonyl (C=O) groups excluding carboxylic acids is 5. The lowest BCUT2D eigenvalue weighted by molar-refractivity contribution is -0.137. The van der Waals surface area contributed by atoms with Crippen LogP contribution in [0.2, 0.25) is 0 Å². The second-order valence-corrected chi connectivity index (χ2v) is 10.0. The number of Topliss-reactive ketones (excluding diaryl/α,β-unsaturated/α-hetero) is 1. The molecule has 1 N–H and O–H groups in total. The minimum atomic E-state index is -1.05. The molecule has 10 nitrogen and oxygen atoms in total. The molecule has 0 bridgehead atoms. The van der Waals surface area contributed by atoms with Crippen molar-refractivity contribution >= 4 is 45.4 Å². The first-order valence-electron chi connectivity index (χ1n) is 11.4. The lowest BCUT2D eigenvalue weighted by Crippen LogP contribution is -2.40. The van der Waals surface area contributed by atoms with Crippen LogP contribution in [-0.2, 0) is 23.9 Å². The minimum Gasteiger partial charge on any atom is -0.502 e. The van der Waals surface area contributed by atoms with Crippen LogP contribution < -0.4 is 9.47 Å². The Morgan fingerprint density at radius 3 is 2.27 bits per heavy atom. The number of hydrogen-bond donors (Lipinski definition) is 1. The first-order chi connectivity index (χ1) is 17.6. The van der Waals surface area contributed by atoms with Gasteiger partial charge in [0.25, 0.3) is 0 Å². The van der Waals surface area contributed by atoms with Gasteiger partial charge in [-0.2, -0.15) is 4.90 Å². The first-order valence-corrected chi connectivity index (χ1v) is 12.2. The van der Waals surface area contributed by atoms with Crippen LogP contribution >= 0.6 is 15.9 Å². The summed E-state index contributed by atoms with van der Waals surface area (Å²) in [6.07, 6.45) is 2.19. The number of fused-ring (bicyclic) bond motifs is 3. The smallest absolute Gasteiger partial charge is 0.423 e. The maximum absolute atomic E-state index is 13.4. The van der Waals surface area contributed by atoms with E-state index in [1.165, 1.54) is 20.3 Å². The van der Waals surface area contributed by atoms with Crippen molar-refractivity contribution in [2.24, 2.45) is 17.8 Å². The average molecular weight is 572 g/mol. The number of allylic oxidation sites excluding steroid dienone is 6. The van der Waals surface area contributed by atoms with Gasteiger partial charge in [0, 0.05) is 23.1 Å². The number of rotatable bonds is 3. The van der Waals surface area contributed by atoms with Crippen LogP contribution in [0.15, 0.2) is 45.5 Å². The van der Waals surface area contributed by atoms with Gasteiger partial charge in [0.15, 0.2) is 23.1 Å². The van der Waals surface area contributed by atoms with E-state index in [0.29, 0.717) is 16.0 Å². The van der Waals surface area contributed by atoms with Gasteiger partial charge >= 0.3 is 6.09 Å². The highest BCUT2D eigenvalue weighted by atomic mass is 79.9. The third kappa shape index (κ3) is 3.55. The van der Waals surface area contributed by atoms with E-state index in [2.05, 4.69) is 20.7 Å². The Labute approximate surface area is 219 Å². The Morgan fingerprint density at radius 2 is 1.68 bits per heavy atom. The number of ketones is 2. The van der Waals surface area contributed by atoms with E-state index in [-0.39, 0.29) is 57.3 Å². The maximum Gasteiger partial charge on any atom is 0.423 e. The molecule has 0 saturated carbocycles. The van der Waals surface area contributed by atoms with Crippen LogP contribution in [0.5, 0.6) is 17.2 Å². The number of ether oxygens (including phenoxy) is 3. The summed E-state index contributed by atoms with van der Waals surface area (Å²) in [6.45, 7) is 0. The number of hydrogen-bond acceptors (Lipinski definition) is 9. The Morgan fingerprint density at radius 1 is 1.03 bits per heavy atom. The molecule has 0 spiro atoms. The van der Waals surface area contributed by atoms with Gasteiger partial charge in [0.1, 0.15) is 0 Å². The van der Waals surface area contributed by atoms with Crippen LogP contribution in [0.1, 0.15) is 24.3 Å². The molecule has 1 heterocycles. The third-order valence-corrected chi connectivity index (χ3v) is 8.11. The van der Waals surface area contributed by atoms with Crippen molar-refractivity contribution in [3.63, 3.8) is 0 Å². The van der Waals surface area contributed by atoms with Crippen molar-refractivity contribution < 1.29 is 43.3 Å². The zero-order valence-electron chi connectivity index (χ0n) is 20.1. The zero-order valence-corrected chi connectivity index (χ0v) is 21.7. The fourth-order valence-electron chi connectivity index (χ4n) is 5.94. The number of aromatic hydroxyl groups is 1. The van der Waals surface area contributed by atoms with E-state index >= 15 is 0 Å². The molecular formula is C26H22BrNO9. The number of methoxy groups -OCH3 is 3. The highest BCUT2D eigenvalue weighted by molar-refractivity contribution is 9.12. The van der Waals surface area contributed by atoms with E-state index in [9.17, 15) is 29.1 Å². The number of halogens is 1. The summed E-state index contributed by atoms with van der Waals surface area (Å²) in [5, 5.41) is 10.5. The lowest BCUT2D eigenvalue weighted by Gasteiger charge is -2.42. The van der Waals surface area contributed by atoms with Gasteiger partial charge in [-0.3, -0.25) is 19.2 Å². The van der Waals surface area contributed by atoms with Crippen molar-refractivity contribution in [3.05, 3.63) is 51.0 Å². The molecule has 4 atom stereocenters. The average Bonchev–Trinajstić information content (AvgIpc) is 3.15. The fraction of sp³-hybridized carbons (Fsp3) is 0.346. The van der Waals surface area contributed by atoms with E-state index in [1.54, 1.807) is 12.1 Å². The van der Waals surface area contributed by atoms with E-state index < -0.39 is 41.6 Å². The quantitative estimate of drug-likeness (QED) is 0.329. The standard InChI is InChI=1S/C26H22BrNO9/c1-35-17-6-10(7-18(36-2)23(17)31)19-11-4-5-12-20(25(33)28(24(12)32)26(34)37-3)13(11)8-14-21(19)16(29)9-15(27)22(14)30/h4,6-7,9,12-13,19-20,31H,5,8H2,1-3H3. The summed E-state index contributed by atoms with van der Waals surface area (Å²) in [6, 6.07) is 3.10. The predicted octanol–water partition coefficient (Wildman–Crippen LogP) is 2.94. The SMILES string of the molecule is COC(=O)N1C(=O)C2CC=C3C(c4cc(OC)c(O)c(OC)c4)C4=C(CC3C2C1=O)C(=O)C(Br)=CC4=O. The lowest BCUT2D eigenvalue weighted by atomic mass is 9.59. The fourth-order valence-corrected chi connectivity index (χ4v) is 6.38. The number of amides is 3. The Bertz CT molecular complexity index is 1360. The summed E-state index contributed by atoms with van der Waals surface area (Å²) < 4.78 is 15.4. The van der Waals surface area contributed by atoms with Gasteiger partial charge in [-0.15, -0.1) is 0 Å². The number of likely N-dealkylation sites (tertiary alicyclic amines) is 1. The number of benzene rings is 1. The van der Waals surface area contributed by atoms with Gasteiger partial charge in [-0.05, 0) is 52.4 Å². The molecular weight excluding hydrogens is 550 g/mol. The molecule has 192 valence electrons. The summed E-state index contributed by atoms with van der Waals surface area (Å²) >= 11 is 3.17. The Kier molecular flexibility index (Phi) is 6.06. The van der Waals surface area contributed by atoms with Crippen molar-refractivity contribution in [1.29, 1.82) is 0 Å². The summed E-state index contributed by atoms with van der Waals surface area (Å²) in [4.78, 5) is 65.7. The van der Waals surface area contributed by atoms with E-state index in [0.717, 1.165) is 7.11 Å². The number of nitrogens with zero attached hydrogens (tertiary/aromatic N) is 1. The molecule has 0 radical (unpaired) electrons. The van der Waals surface area contributed by atoms with Crippen LogP contribution in [0.4, 0.5) is 4.79 Å². The number of imide groups is 3. The van der Waals surface area contributed by atoms with Crippen molar-refractivity contribution in [2.75, 3.05) is 21.3 Å². The van der Waals surface area contributed by atoms with Crippen LogP contribution in [-0.4, -0.2) is 60.8 Å². The molecule has 5 rings (SSSR count). The molecule has 0 aromatic heterocycles. The Hall–Kier alpha value is -3.73. The second-order valence-electron chi connectivity index (χ2n) is 9.15. The van der Waals surface area contributed by atoms with Crippen molar-refractivity contribution in [1.82, 2.24) is 4.90 Å². The molecule has 37 heavy (non-hydrogen) atoms. The number of phenolic OH excluding ortho intramolecular Hbond substituents is 1. The first kappa shape index (κ1) is 24.9. The number of carbonyl (C=O) groups is 5. The highest BCUT2D eigenvalue weighted by Crippen LogP contribution is 2.56. The summed E-state index contributed by atoms with van der Waals surface area (Å²) in [5.74, 6) is -5.23. The van der Waals surface area contributed by atoms with Crippen molar-refractivity contribution in [3.8, 4) is 17.2 Å². The molecule has 11 heteroatoms. The molecule has 3 aliphatic carbocycles. The zero-order chi connectivity index (χ0) is 26.8. The predicted molar refractivity (Wildman–Crippen MR) is 130 cm³/mol. The summed E-state index contributed by atoms with van der Waals surface area (Å²) in [7, 11) is 3.83. The van der Waals surface area contributed by atoms with E-state index in [1.807, 2.05) is 6.08 Å². The molecule has 4 aliphatic rings. The van der Waals surface area contributed by atoms with Gasteiger partial charge in [-0.25, -0.2) is 4.79 Å². The van der Waals surface area contributed by atoms with Crippen LogP contribution in [0.25, 0.3) is 0 Å². The van der Waals surface area contributed by atoms with Gasteiger partial charge in [0.2, 0.25) is 17.6 Å². The minimum absolute atomic E-state index is 0.0483. The molecule has 4 unspecified atom stereocenters. The highest BCUT2D eigenvalue weighted by Gasteiger charge is 2.58. The summed E-state index contributed by atoms with van der Waals surface area (Å²) in [5.41, 5.74) is 1.67. The molecule has 1 aromatic carbocycles. The van der Waals surface area contributed by atoms with Gasteiger partial charge in [-0.1, -0.05) is 11.6 Å². The normalized spacial score (nSPS) is 26.8. The third-order valence-electron chi connectivity index (χ3n) is 7.52. The topological polar surface area (TPSA) is 137 Å². The van der Waals surface area contributed by atoms with Crippen LogP contribution in [0.3, 0.4) is 0 Å². The molecule has 1 saturated heterocycles. The molecule has 3 amide bonds. The monoisotopic (exact) mass is 571 g/mol. The van der Waals surface area contributed by atoms with Gasteiger partial charge in [0.05, 0.1) is 37.6 Å². The molecule has 1 fully saturated rings. The van der Waals surface area contributed by atoms with E-state index in [4.69, 9.17) is 9.47 Å². The maximum atomic E-state index is 13.4. The molecule has 1 aromatic rings. The van der Waals surface area contributed by atoms with Crippen molar-refractivity contribution in [2.45, 2.75) is 18.8 Å². The second kappa shape index (κ2) is 8.98. The number of phenols is 1. The molecule has 1 aliphatic heterocycles.